The van der Waals surface area contributed by atoms with E-state index in [1.807, 2.05) is 12.1 Å². The zero-order valence-electron chi connectivity index (χ0n) is 9.87. The van der Waals surface area contributed by atoms with Gasteiger partial charge in [0.1, 0.15) is 5.75 Å². The van der Waals surface area contributed by atoms with Gasteiger partial charge in [0.15, 0.2) is 0 Å². The van der Waals surface area contributed by atoms with Crippen LogP contribution in [-0.4, -0.2) is 7.11 Å². The van der Waals surface area contributed by atoms with Gasteiger partial charge in [0, 0.05) is 22.4 Å². The topological polar surface area (TPSA) is 21.3 Å². The second-order valence-electron chi connectivity index (χ2n) is 3.79. The summed E-state index contributed by atoms with van der Waals surface area (Å²) in [5.41, 5.74) is 1.26. The van der Waals surface area contributed by atoms with E-state index in [1.54, 1.807) is 18.4 Å². The highest BCUT2D eigenvalue weighted by Crippen LogP contribution is 2.32. The Labute approximate surface area is 128 Å². The summed E-state index contributed by atoms with van der Waals surface area (Å²) >= 11 is 8.73. The van der Waals surface area contributed by atoms with E-state index in [1.165, 1.54) is 10.4 Å². The quantitative estimate of drug-likeness (QED) is 0.807. The Hall–Kier alpha value is -0.360. The van der Waals surface area contributed by atoms with Crippen LogP contribution in [-0.2, 0) is 13.1 Å². The summed E-state index contributed by atoms with van der Waals surface area (Å²) in [6.07, 6.45) is 0. The normalized spacial score (nSPS) is 10.6. The number of benzene rings is 1. The Morgan fingerprint density at radius 3 is 2.44 bits per heavy atom. The van der Waals surface area contributed by atoms with Crippen LogP contribution in [0.5, 0.6) is 5.75 Å². The lowest BCUT2D eigenvalue weighted by Gasteiger charge is -2.04. The third-order valence-corrected chi connectivity index (χ3v) is 5.74. The van der Waals surface area contributed by atoms with Gasteiger partial charge in [-0.05, 0) is 55.6 Å². The van der Waals surface area contributed by atoms with E-state index in [2.05, 4.69) is 55.4 Å². The van der Waals surface area contributed by atoms with Crippen molar-refractivity contribution in [3.8, 4) is 5.75 Å². The Kier molecular flexibility index (Phi) is 5.24. The van der Waals surface area contributed by atoms with Gasteiger partial charge in [-0.2, -0.15) is 0 Å². The minimum absolute atomic E-state index is 0.858. The van der Waals surface area contributed by atoms with Crippen LogP contribution in [0.2, 0.25) is 0 Å². The maximum atomic E-state index is 5.13. The molecule has 0 saturated carbocycles. The van der Waals surface area contributed by atoms with Gasteiger partial charge >= 0.3 is 0 Å². The van der Waals surface area contributed by atoms with Gasteiger partial charge in [0.25, 0.3) is 0 Å². The summed E-state index contributed by atoms with van der Waals surface area (Å²) in [5.74, 6) is 0.893. The molecule has 0 unspecified atom stereocenters. The lowest BCUT2D eigenvalue weighted by atomic mass is 10.2. The molecular weight excluding hydrogens is 378 g/mol. The Morgan fingerprint density at radius 2 is 1.89 bits per heavy atom. The summed E-state index contributed by atoms with van der Waals surface area (Å²) in [7, 11) is 1.68. The summed E-state index contributed by atoms with van der Waals surface area (Å²) in [5, 5.41) is 3.42. The molecule has 1 aromatic carbocycles. The molecule has 0 atom stereocenters. The molecule has 0 aliphatic rings. The molecule has 0 bridgehead atoms. The van der Waals surface area contributed by atoms with Crippen LogP contribution in [0.25, 0.3) is 0 Å². The minimum atomic E-state index is 0.858. The fourth-order valence-electron chi connectivity index (χ4n) is 1.55. The molecule has 0 fully saturated rings. The van der Waals surface area contributed by atoms with Crippen LogP contribution in [0, 0.1) is 0 Å². The Bertz CT molecular complexity index is 491. The first-order chi connectivity index (χ1) is 8.69. The molecule has 0 aliphatic heterocycles. The third-order valence-electron chi connectivity index (χ3n) is 2.48. The Balaban J connectivity index is 1.84. The van der Waals surface area contributed by atoms with Crippen LogP contribution in [0.1, 0.15) is 10.4 Å². The molecule has 2 aromatic rings. The first kappa shape index (κ1) is 14.1. The van der Waals surface area contributed by atoms with Crippen LogP contribution >= 0.6 is 43.2 Å². The molecule has 96 valence electrons. The van der Waals surface area contributed by atoms with E-state index in [-0.39, 0.29) is 0 Å². The fraction of sp³-hybridized carbons (Fsp3) is 0.231. The summed E-state index contributed by atoms with van der Waals surface area (Å²) in [4.78, 5) is 1.31. The van der Waals surface area contributed by atoms with Crippen molar-refractivity contribution in [3.05, 3.63) is 49.0 Å². The van der Waals surface area contributed by atoms with Crippen LogP contribution < -0.4 is 10.1 Å². The third kappa shape index (κ3) is 3.82. The molecule has 2 nitrogen and oxygen atoms in total. The highest BCUT2D eigenvalue weighted by atomic mass is 79.9. The van der Waals surface area contributed by atoms with E-state index in [4.69, 9.17) is 4.74 Å². The van der Waals surface area contributed by atoms with Crippen molar-refractivity contribution in [2.24, 2.45) is 0 Å². The van der Waals surface area contributed by atoms with E-state index in [0.717, 1.165) is 27.1 Å². The maximum Gasteiger partial charge on any atom is 0.118 e. The molecule has 18 heavy (non-hydrogen) atoms. The van der Waals surface area contributed by atoms with Crippen molar-refractivity contribution in [1.29, 1.82) is 0 Å². The van der Waals surface area contributed by atoms with Crippen LogP contribution in [0.15, 0.2) is 38.6 Å². The number of halogens is 2. The van der Waals surface area contributed by atoms with Gasteiger partial charge in [-0.25, -0.2) is 0 Å². The van der Waals surface area contributed by atoms with Gasteiger partial charge in [-0.1, -0.05) is 12.1 Å². The molecule has 0 radical (unpaired) electrons. The molecule has 1 N–H and O–H groups in total. The lowest BCUT2D eigenvalue weighted by molar-refractivity contribution is 0.414. The molecule has 5 heteroatoms. The van der Waals surface area contributed by atoms with E-state index in [0.29, 0.717) is 0 Å². The van der Waals surface area contributed by atoms with Crippen LogP contribution in [0.4, 0.5) is 0 Å². The van der Waals surface area contributed by atoms with E-state index >= 15 is 0 Å². The average Bonchev–Trinajstić information content (AvgIpc) is 2.69. The van der Waals surface area contributed by atoms with Crippen molar-refractivity contribution >= 4 is 43.2 Å². The predicted molar refractivity (Wildman–Crippen MR) is 83.3 cm³/mol. The van der Waals surface area contributed by atoms with Crippen molar-refractivity contribution < 1.29 is 4.74 Å². The number of rotatable bonds is 5. The summed E-state index contributed by atoms with van der Waals surface area (Å²) in [6, 6.07) is 10.2. The van der Waals surface area contributed by atoms with Crippen molar-refractivity contribution in [2.75, 3.05) is 7.11 Å². The van der Waals surface area contributed by atoms with E-state index < -0.39 is 0 Å². The average molecular weight is 391 g/mol. The second kappa shape index (κ2) is 6.70. The molecule has 0 saturated heterocycles. The lowest BCUT2D eigenvalue weighted by Crippen LogP contribution is -2.11. The molecular formula is C13H13Br2NOS. The molecule has 0 aliphatic carbocycles. The zero-order chi connectivity index (χ0) is 13.0. The fourth-order valence-corrected chi connectivity index (χ4v) is 3.70. The number of ether oxygens (including phenoxy) is 1. The monoisotopic (exact) mass is 389 g/mol. The number of methoxy groups -OCH3 is 1. The smallest absolute Gasteiger partial charge is 0.118 e. The van der Waals surface area contributed by atoms with Gasteiger partial charge in [-0.3, -0.25) is 0 Å². The van der Waals surface area contributed by atoms with Crippen LogP contribution in [0.3, 0.4) is 0 Å². The van der Waals surface area contributed by atoms with Gasteiger partial charge < -0.3 is 10.1 Å². The number of hydrogen-bond acceptors (Lipinski definition) is 3. The maximum absolute atomic E-state index is 5.13. The van der Waals surface area contributed by atoms with E-state index in [9.17, 15) is 0 Å². The first-order valence-corrected chi connectivity index (χ1v) is 7.86. The molecule has 2 rings (SSSR count). The number of hydrogen-bond donors (Lipinski definition) is 1. The largest absolute Gasteiger partial charge is 0.497 e. The standard InChI is InChI=1S/C13H13Br2NOS/c1-17-10-4-2-9(3-5-10)7-16-8-11-6-12(14)13(15)18-11/h2-6,16H,7-8H2,1H3. The Morgan fingerprint density at radius 1 is 1.17 bits per heavy atom. The number of nitrogens with one attached hydrogen (secondary N) is 1. The minimum Gasteiger partial charge on any atom is -0.497 e. The zero-order valence-corrected chi connectivity index (χ0v) is 13.9. The van der Waals surface area contributed by atoms with Crippen molar-refractivity contribution in [1.82, 2.24) is 5.32 Å². The highest BCUT2D eigenvalue weighted by Gasteiger charge is 2.03. The van der Waals surface area contributed by atoms with Gasteiger partial charge in [0.05, 0.1) is 10.9 Å². The molecule has 1 aromatic heterocycles. The number of thiophene rings is 1. The van der Waals surface area contributed by atoms with Gasteiger partial charge in [-0.15, -0.1) is 11.3 Å². The highest BCUT2D eigenvalue weighted by molar-refractivity contribution is 9.13. The second-order valence-corrected chi connectivity index (χ2v) is 7.09. The molecule has 0 spiro atoms. The predicted octanol–water partition coefficient (Wildman–Crippen LogP) is 4.57. The molecule has 1 heterocycles. The first-order valence-electron chi connectivity index (χ1n) is 5.46. The summed E-state index contributed by atoms with van der Waals surface area (Å²) < 4.78 is 7.39. The van der Waals surface area contributed by atoms with Gasteiger partial charge in [0.2, 0.25) is 0 Å². The SMILES string of the molecule is COc1ccc(CNCc2cc(Br)c(Br)s2)cc1. The summed E-state index contributed by atoms with van der Waals surface area (Å²) in [6.45, 7) is 1.73. The molecule has 0 amide bonds. The van der Waals surface area contributed by atoms with Crippen molar-refractivity contribution in [3.63, 3.8) is 0 Å². The van der Waals surface area contributed by atoms with Crippen molar-refractivity contribution in [2.45, 2.75) is 13.1 Å².